The smallest absolute Gasteiger partial charge is 0.293 e. The van der Waals surface area contributed by atoms with Crippen LogP contribution >= 0.6 is 0 Å². The molecule has 0 N–H and O–H groups in total. The van der Waals surface area contributed by atoms with Crippen LogP contribution in [-0.4, -0.2) is 68.8 Å². The van der Waals surface area contributed by atoms with Gasteiger partial charge in [0.15, 0.2) is 0 Å². The fourth-order valence-corrected chi connectivity index (χ4v) is 3.70. The molecule has 2 aliphatic heterocycles. The summed E-state index contributed by atoms with van der Waals surface area (Å²) in [5.41, 5.74) is 0.579. The van der Waals surface area contributed by atoms with Crippen LogP contribution in [0.25, 0.3) is 0 Å². The Kier molecular flexibility index (Phi) is 4.69. The van der Waals surface area contributed by atoms with E-state index in [1.54, 1.807) is 19.2 Å². The van der Waals surface area contributed by atoms with Crippen LogP contribution in [0.3, 0.4) is 0 Å². The Hall–Kier alpha value is -2.32. The summed E-state index contributed by atoms with van der Waals surface area (Å²) in [6, 6.07) is 6.96. The maximum Gasteiger partial charge on any atom is 0.293 e. The Balaban J connectivity index is 1.33. The highest BCUT2D eigenvalue weighted by Crippen LogP contribution is 2.25. The number of fused-ring (bicyclic) bond motifs is 1. The van der Waals surface area contributed by atoms with Gasteiger partial charge in [0.25, 0.3) is 5.91 Å². The van der Waals surface area contributed by atoms with E-state index in [0.29, 0.717) is 18.7 Å². The molecule has 3 heterocycles. The third-order valence-electron chi connectivity index (χ3n) is 5.09. The summed E-state index contributed by atoms with van der Waals surface area (Å²) >= 11 is 0. The first kappa shape index (κ1) is 17.1. The minimum Gasteiger partial charge on any atom is -0.372 e. The summed E-state index contributed by atoms with van der Waals surface area (Å²) in [5, 5.41) is 4.10. The molecule has 0 spiro atoms. The highest BCUT2D eigenvalue weighted by Gasteiger charge is 2.38. The van der Waals surface area contributed by atoms with Crippen molar-refractivity contribution in [2.75, 3.05) is 26.2 Å². The number of benzene rings is 1. The van der Waals surface area contributed by atoms with Crippen LogP contribution in [0.1, 0.15) is 22.6 Å². The fourth-order valence-electron chi connectivity index (χ4n) is 3.70. The molecule has 2 fully saturated rings. The summed E-state index contributed by atoms with van der Waals surface area (Å²) < 4.78 is 21.2. The summed E-state index contributed by atoms with van der Waals surface area (Å²) in [7, 11) is 1.75. The van der Waals surface area contributed by atoms with E-state index in [4.69, 9.17) is 4.74 Å². The number of hydrogen-bond donors (Lipinski definition) is 0. The van der Waals surface area contributed by atoms with Crippen LogP contribution in [0.2, 0.25) is 0 Å². The zero-order valence-corrected chi connectivity index (χ0v) is 14.7. The average molecular weight is 359 g/mol. The fraction of sp³-hybridized carbons (Fsp3) is 0.500. The molecule has 4 rings (SSSR count). The third kappa shape index (κ3) is 3.47. The van der Waals surface area contributed by atoms with Gasteiger partial charge < -0.3 is 9.64 Å². The number of piperazine rings is 1. The number of aryl methyl sites for hydroxylation is 1. The molecule has 2 aliphatic rings. The first-order valence-electron chi connectivity index (χ1n) is 8.84. The average Bonchev–Trinajstić information content (AvgIpc) is 3.25. The van der Waals surface area contributed by atoms with Crippen molar-refractivity contribution in [2.45, 2.75) is 25.2 Å². The predicted molar refractivity (Wildman–Crippen MR) is 91.9 cm³/mol. The van der Waals surface area contributed by atoms with Gasteiger partial charge in [0.1, 0.15) is 12.1 Å². The number of ether oxygens (including phenoxy) is 1. The van der Waals surface area contributed by atoms with Gasteiger partial charge in [0.05, 0.1) is 12.7 Å². The highest BCUT2D eigenvalue weighted by atomic mass is 19.1. The Morgan fingerprint density at radius 3 is 2.92 bits per heavy atom. The molecule has 0 aliphatic carbocycles. The minimum absolute atomic E-state index is 0.0580. The number of rotatable bonds is 4. The molecule has 0 saturated carbocycles. The van der Waals surface area contributed by atoms with Crippen molar-refractivity contribution in [3.8, 4) is 0 Å². The van der Waals surface area contributed by atoms with Crippen LogP contribution in [0.4, 0.5) is 4.39 Å². The molecule has 138 valence electrons. The number of halogens is 1. The normalized spacial score (nSPS) is 23.2. The molecule has 2 unspecified atom stereocenters. The molecule has 2 atom stereocenters. The third-order valence-corrected chi connectivity index (χ3v) is 5.09. The minimum atomic E-state index is -0.233. The molecule has 7 nitrogen and oxygen atoms in total. The highest BCUT2D eigenvalue weighted by molar-refractivity contribution is 5.90. The summed E-state index contributed by atoms with van der Waals surface area (Å²) in [6.07, 6.45) is 2.43. The van der Waals surface area contributed by atoms with Gasteiger partial charge >= 0.3 is 0 Å². The van der Waals surface area contributed by atoms with Gasteiger partial charge in [-0.1, -0.05) is 18.2 Å². The molecule has 2 aromatic rings. The lowest BCUT2D eigenvalue weighted by atomic mass is 10.1. The lowest BCUT2D eigenvalue weighted by molar-refractivity contribution is 0.0437. The second-order valence-electron chi connectivity index (χ2n) is 6.90. The quantitative estimate of drug-likeness (QED) is 0.817. The Labute approximate surface area is 151 Å². The first-order chi connectivity index (χ1) is 12.6. The second-order valence-corrected chi connectivity index (χ2v) is 6.90. The first-order valence-corrected chi connectivity index (χ1v) is 8.84. The van der Waals surface area contributed by atoms with E-state index in [2.05, 4.69) is 15.0 Å². The van der Waals surface area contributed by atoms with E-state index < -0.39 is 0 Å². The SMILES string of the molecule is Cn1cnc(C(=O)N2CCN3CC(OCc4ccccc4F)CC3C2)n1. The summed E-state index contributed by atoms with van der Waals surface area (Å²) in [6.45, 7) is 3.22. The Morgan fingerprint density at radius 2 is 2.15 bits per heavy atom. The van der Waals surface area contributed by atoms with E-state index in [1.165, 1.54) is 17.1 Å². The van der Waals surface area contributed by atoms with Crippen molar-refractivity contribution in [2.24, 2.45) is 7.05 Å². The summed E-state index contributed by atoms with van der Waals surface area (Å²) in [5.74, 6) is -0.116. The number of hydrogen-bond acceptors (Lipinski definition) is 5. The molecular formula is C18H22FN5O2. The van der Waals surface area contributed by atoms with Gasteiger partial charge in [-0.15, -0.1) is 5.10 Å². The topological polar surface area (TPSA) is 63.5 Å². The molecule has 0 radical (unpaired) electrons. The van der Waals surface area contributed by atoms with Gasteiger partial charge in [0, 0.05) is 44.8 Å². The van der Waals surface area contributed by atoms with E-state index in [9.17, 15) is 9.18 Å². The lowest BCUT2D eigenvalue weighted by Crippen LogP contribution is -2.52. The van der Waals surface area contributed by atoms with Crippen molar-refractivity contribution in [3.05, 3.63) is 47.8 Å². The van der Waals surface area contributed by atoms with E-state index >= 15 is 0 Å². The zero-order valence-electron chi connectivity index (χ0n) is 14.7. The molecule has 26 heavy (non-hydrogen) atoms. The molecule has 2 saturated heterocycles. The maximum absolute atomic E-state index is 13.7. The second kappa shape index (κ2) is 7.13. The molecule has 1 amide bonds. The number of nitrogens with zero attached hydrogens (tertiary/aromatic N) is 5. The number of carbonyl (C=O) groups excluding carboxylic acids is 1. The van der Waals surface area contributed by atoms with Gasteiger partial charge in [-0.3, -0.25) is 14.4 Å². The van der Waals surface area contributed by atoms with E-state index in [-0.39, 0.29) is 36.3 Å². The molecule has 0 bridgehead atoms. The standard InChI is InChI=1S/C18H22FN5O2/c1-22-12-20-17(21-22)18(25)24-7-6-23-10-15(8-14(23)9-24)26-11-13-4-2-3-5-16(13)19/h2-5,12,14-15H,6-11H2,1H3. The van der Waals surface area contributed by atoms with Crippen LogP contribution in [0, 0.1) is 5.82 Å². The van der Waals surface area contributed by atoms with E-state index in [1.807, 2.05) is 11.0 Å². The van der Waals surface area contributed by atoms with E-state index in [0.717, 1.165) is 19.5 Å². The number of carbonyl (C=O) groups is 1. The lowest BCUT2D eigenvalue weighted by Gasteiger charge is -2.36. The van der Waals surface area contributed by atoms with Crippen LogP contribution in [0.15, 0.2) is 30.6 Å². The van der Waals surface area contributed by atoms with Gasteiger partial charge in [-0.05, 0) is 12.5 Å². The largest absolute Gasteiger partial charge is 0.372 e. The van der Waals surface area contributed by atoms with Crippen LogP contribution in [-0.2, 0) is 18.4 Å². The predicted octanol–water partition coefficient (Wildman–Crippen LogP) is 1.07. The van der Waals surface area contributed by atoms with Gasteiger partial charge in [0.2, 0.25) is 5.82 Å². The molecule has 1 aromatic heterocycles. The molecular weight excluding hydrogens is 337 g/mol. The van der Waals surface area contributed by atoms with Gasteiger partial charge in [-0.2, -0.15) is 0 Å². The van der Waals surface area contributed by atoms with Crippen molar-refractivity contribution >= 4 is 5.91 Å². The van der Waals surface area contributed by atoms with Crippen molar-refractivity contribution in [1.29, 1.82) is 0 Å². The Morgan fingerprint density at radius 1 is 1.31 bits per heavy atom. The van der Waals surface area contributed by atoms with Crippen molar-refractivity contribution < 1.29 is 13.9 Å². The maximum atomic E-state index is 13.7. The number of amides is 1. The monoisotopic (exact) mass is 359 g/mol. The van der Waals surface area contributed by atoms with Crippen molar-refractivity contribution in [3.63, 3.8) is 0 Å². The molecule has 1 aromatic carbocycles. The van der Waals surface area contributed by atoms with Crippen LogP contribution in [0.5, 0.6) is 0 Å². The Bertz CT molecular complexity index is 795. The zero-order chi connectivity index (χ0) is 18.1. The van der Waals surface area contributed by atoms with Crippen molar-refractivity contribution in [1.82, 2.24) is 24.6 Å². The van der Waals surface area contributed by atoms with Gasteiger partial charge in [-0.25, -0.2) is 9.37 Å². The number of aromatic nitrogens is 3. The van der Waals surface area contributed by atoms with Crippen LogP contribution < -0.4 is 0 Å². The molecule has 8 heteroatoms. The summed E-state index contributed by atoms with van der Waals surface area (Å²) in [4.78, 5) is 20.7.